The predicted molar refractivity (Wildman–Crippen MR) is 205 cm³/mol. The molecular weight excluding hydrogens is 645 g/mol. The molecule has 5 aromatic heterocycles. The summed E-state index contributed by atoms with van der Waals surface area (Å²) in [5, 5.41) is 7.24. The molecule has 10 nitrogen and oxygen atoms in total. The van der Waals surface area contributed by atoms with Crippen LogP contribution in [0.3, 0.4) is 0 Å². The number of likely N-dealkylation sites (N-methyl/N-ethyl adjacent to an activating group) is 1. The van der Waals surface area contributed by atoms with E-state index in [1.807, 2.05) is 74.8 Å². The van der Waals surface area contributed by atoms with Crippen LogP contribution in [0.2, 0.25) is 0 Å². The van der Waals surface area contributed by atoms with Gasteiger partial charge in [-0.1, -0.05) is 37.3 Å². The molecule has 0 aromatic carbocycles. The Morgan fingerprint density at radius 3 is 2.15 bits per heavy atom. The van der Waals surface area contributed by atoms with Crippen molar-refractivity contribution >= 4 is 11.7 Å². The largest absolute Gasteiger partial charge is 0.380 e. The molecule has 256 valence electrons. The van der Waals surface area contributed by atoms with Gasteiger partial charge in [0.2, 0.25) is 0 Å². The molecule has 3 aliphatic heterocycles. The quantitative estimate of drug-likeness (QED) is 0.190. The van der Waals surface area contributed by atoms with Gasteiger partial charge >= 0.3 is 0 Å². The Bertz CT molecular complexity index is 2230. The smallest absolute Gasteiger partial charge is 0.159 e. The van der Waals surface area contributed by atoms with E-state index in [4.69, 9.17) is 24.9 Å². The van der Waals surface area contributed by atoms with Crippen LogP contribution in [0.25, 0.3) is 22.8 Å². The summed E-state index contributed by atoms with van der Waals surface area (Å²) in [5.41, 5.74) is 10.6. The normalized spacial score (nSPS) is 18.3. The zero-order chi connectivity index (χ0) is 35.4. The van der Waals surface area contributed by atoms with E-state index in [1.54, 1.807) is 12.4 Å². The first kappa shape index (κ1) is 32.6. The van der Waals surface area contributed by atoms with Crippen LogP contribution in [0.5, 0.6) is 0 Å². The number of rotatable bonds is 8. The molecule has 8 rings (SSSR count). The summed E-state index contributed by atoms with van der Waals surface area (Å²) in [4.78, 5) is 36.6. The van der Waals surface area contributed by atoms with Gasteiger partial charge in [-0.2, -0.15) is 0 Å². The molecule has 2 unspecified atom stereocenters. The molecule has 0 amide bonds. The van der Waals surface area contributed by atoms with Crippen LogP contribution in [0.15, 0.2) is 155 Å². The van der Waals surface area contributed by atoms with Crippen molar-refractivity contribution in [3.63, 3.8) is 0 Å². The molecule has 0 aliphatic carbocycles. The van der Waals surface area contributed by atoms with Crippen molar-refractivity contribution in [1.82, 2.24) is 40.5 Å². The number of aryl methyl sites for hydroxylation is 2. The molecule has 8 heterocycles. The van der Waals surface area contributed by atoms with Gasteiger partial charge in [0.25, 0.3) is 0 Å². The summed E-state index contributed by atoms with van der Waals surface area (Å²) < 4.78 is 0. The van der Waals surface area contributed by atoms with Gasteiger partial charge in [0.05, 0.1) is 45.9 Å². The molecule has 2 N–H and O–H groups in total. The van der Waals surface area contributed by atoms with Crippen molar-refractivity contribution in [3.8, 4) is 22.8 Å². The van der Waals surface area contributed by atoms with Crippen molar-refractivity contribution in [2.24, 2.45) is 9.98 Å². The molecule has 2 atom stereocenters. The van der Waals surface area contributed by atoms with E-state index in [-0.39, 0.29) is 6.04 Å². The third kappa shape index (κ3) is 6.78. The number of allylic oxidation sites excluding steroid dienone is 2. The Kier molecular flexibility index (Phi) is 9.01. The number of amidine groups is 2. The highest BCUT2D eigenvalue weighted by Crippen LogP contribution is 2.32. The first-order valence-corrected chi connectivity index (χ1v) is 17.5. The average Bonchev–Trinajstić information content (AvgIpc) is 3.21. The number of nitrogens with zero attached hydrogens (tertiary/aromatic N) is 8. The zero-order valence-corrected chi connectivity index (χ0v) is 29.3. The molecule has 10 heteroatoms. The lowest BCUT2D eigenvalue weighted by Crippen LogP contribution is -2.43. The number of hydrogen-bond donors (Lipinski definition) is 2. The predicted octanol–water partition coefficient (Wildman–Crippen LogP) is 6.53. The second-order valence-electron chi connectivity index (χ2n) is 12.8. The molecule has 5 aromatic rings. The minimum atomic E-state index is -0.422. The summed E-state index contributed by atoms with van der Waals surface area (Å²) >= 11 is 0. The maximum atomic E-state index is 5.39. The number of aliphatic imine (C=N–C) groups is 2. The minimum Gasteiger partial charge on any atom is -0.380 e. The van der Waals surface area contributed by atoms with Gasteiger partial charge in [0.1, 0.15) is 12.0 Å². The van der Waals surface area contributed by atoms with Crippen molar-refractivity contribution < 1.29 is 0 Å². The molecule has 3 aliphatic rings. The lowest BCUT2D eigenvalue weighted by molar-refractivity contribution is 0.417. The Morgan fingerprint density at radius 1 is 0.788 bits per heavy atom. The van der Waals surface area contributed by atoms with Gasteiger partial charge in [-0.3, -0.25) is 19.9 Å². The maximum absolute atomic E-state index is 5.39. The molecule has 0 fully saturated rings. The highest BCUT2D eigenvalue weighted by Gasteiger charge is 2.32. The zero-order valence-electron chi connectivity index (χ0n) is 29.3. The number of dihydropyridines is 2. The van der Waals surface area contributed by atoms with Gasteiger partial charge < -0.3 is 15.5 Å². The Labute approximate surface area is 303 Å². The van der Waals surface area contributed by atoms with Gasteiger partial charge in [0.15, 0.2) is 5.84 Å². The molecular formula is C42H38N10. The average molecular weight is 683 g/mol. The van der Waals surface area contributed by atoms with Crippen molar-refractivity contribution in [2.75, 3.05) is 13.6 Å². The van der Waals surface area contributed by atoms with E-state index in [9.17, 15) is 0 Å². The SMILES string of the molecule is CCc1cc(C2=NC(C3=CC(c4ccccn4)NC(C4=CC=CCN4)=C3)N(C)C(c3cc(-c4ccccn4)nc(-c4ccccn4)c3)=N2)cc(C)n1. The molecule has 52 heavy (non-hydrogen) atoms. The number of hydrogen-bond acceptors (Lipinski definition) is 10. The topological polar surface area (TPSA) is 116 Å². The Morgan fingerprint density at radius 2 is 1.52 bits per heavy atom. The van der Waals surface area contributed by atoms with Crippen LogP contribution in [-0.4, -0.2) is 61.2 Å². The molecule has 0 saturated heterocycles. The summed E-state index contributed by atoms with van der Waals surface area (Å²) in [7, 11) is 2.05. The van der Waals surface area contributed by atoms with Gasteiger partial charge in [-0.25, -0.2) is 15.0 Å². The molecule has 0 saturated carbocycles. The van der Waals surface area contributed by atoms with Crippen LogP contribution < -0.4 is 10.6 Å². The van der Waals surface area contributed by atoms with Crippen LogP contribution in [0.1, 0.15) is 41.2 Å². The fourth-order valence-corrected chi connectivity index (χ4v) is 6.57. The van der Waals surface area contributed by atoms with Crippen molar-refractivity contribution in [3.05, 3.63) is 173 Å². The van der Waals surface area contributed by atoms with Crippen molar-refractivity contribution in [2.45, 2.75) is 32.5 Å². The highest BCUT2D eigenvalue weighted by molar-refractivity contribution is 6.13. The van der Waals surface area contributed by atoms with E-state index in [1.165, 1.54) is 0 Å². The minimum absolute atomic E-state index is 0.179. The van der Waals surface area contributed by atoms with Crippen molar-refractivity contribution in [1.29, 1.82) is 0 Å². The summed E-state index contributed by atoms with van der Waals surface area (Å²) in [5.74, 6) is 1.39. The Balaban J connectivity index is 1.31. The second kappa shape index (κ2) is 14.4. The summed E-state index contributed by atoms with van der Waals surface area (Å²) in [6, 6.07) is 25.8. The molecule has 0 radical (unpaired) electrons. The lowest BCUT2D eigenvalue weighted by atomic mass is 9.97. The lowest BCUT2D eigenvalue weighted by Gasteiger charge is -2.36. The van der Waals surface area contributed by atoms with E-state index < -0.39 is 6.17 Å². The van der Waals surface area contributed by atoms with Gasteiger partial charge in [0, 0.05) is 54.7 Å². The van der Waals surface area contributed by atoms with Crippen LogP contribution >= 0.6 is 0 Å². The first-order chi connectivity index (χ1) is 25.5. The first-order valence-electron chi connectivity index (χ1n) is 17.5. The van der Waals surface area contributed by atoms with E-state index in [0.717, 1.165) is 86.8 Å². The standard InChI is InChI=1S/C42H38N10/c1-4-31-22-28(21-27(2)47-31)40-50-41(29-23-36(32-13-5-9-17-43-32)48-37(24-29)33-14-6-10-18-44-33)52(3)42(51-40)30-25-38(34-15-7-11-19-45-34)49-39(26-30)35-16-8-12-20-46-35/h5-19,21-26,38,42,46,49H,4,20H2,1-3H3. The highest BCUT2D eigenvalue weighted by atomic mass is 15.3. The number of aromatic nitrogens is 5. The van der Waals surface area contributed by atoms with Gasteiger partial charge in [-0.15, -0.1) is 0 Å². The maximum Gasteiger partial charge on any atom is 0.159 e. The molecule has 0 bridgehead atoms. The fourth-order valence-electron chi connectivity index (χ4n) is 6.57. The number of pyridine rings is 5. The fraction of sp³-hybridized carbons (Fsp3) is 0.167. The van der Waals surface area contributed by atoms with Crippen LogP contribution in [0, 0.1) is 6.92 Å². The molecule has 0 spiro atoms. The third-order valence-electron chi connectivity index (χ3n) is 9.11. The second-order valence-corrected chi connectivity index (χ2v) is 12.8. The monoisotopic (exact) mass is 682 g/mol. The van der Waals surface area contributed by atoms with Gasteiger partial charge in [-0.05, 0) is 97.8 Å². The van der Waals surface area contributed by atoms with E-state index >= 15 is 0 Å². The van der Waals surface area contributed by atoms with E-state index in [2.05, 4.69) is 87.1 Å². The Hall–Kier alpha value is -6.55. The van der Waals surface area contributed by atoms with E-state index in [0.29, 0.717) is 5.84 Å². The summed E-state index contributed by atoms with van der Waals surface area (Å²) in [6.45, 7) is 4.88. The summed E-state index contributed by atoms with van der Waals surface area (Å²) in [6.07, 6.45) is 16.4. The van der Waals surface area contributed by atoms with Crippen LogP contribution in [0.4, 0.5) is 0 Å². The number of nitrogens with one attached hydrogen (secondary N) is 2. The third-order valence-corrected chi connectivity index (χ3v) is 9.11. The van der Waals surface area contributed by atoms with Crippen LogP contribution in [-0.2, 0) is 6.42 Å².